The summed E-state index contributed by atoms with van der Waals surface area (Å²) < 4.78 is 3.17. The minimum Gasteiger partial charge on any atom is -0.384 e. The highest BCUT2D eigenvalue weighted by Gasteiger charge is 2.36. The third-order valence-corrected chi connectivity index (χ3v) is 7.77. The fraction of sp³-hybridized carbons (Fsp3) is 0.440. The number of anilines is 3. The summed E-state index contributed by atoms with van der Waals surface area (Å²) in [7, 11) is 1.75. The number of imidazole rings is 1. The summed E-state index contributed by atoms with van der Waals surface area (Å²) >= 11 is 0. The van der Waals surface area contributed by atoms with Gasteiger partial charge in [0.25, 0.3) is 0 Å². The van der Waals surface area contributed by atoms with Crippen molar-refractivity contribution in [3.63, 3.8) is 0 Å². The van der Waals surface area contributed by atoms with Gasteiger partial charge in [-0.2, -0.15) is 0 Å². The molecule has 3 aromatic rings. The Morgan fingerprint density at radius 3 is 2.47 bits per heavy atom. The molecule has 3 aliphatic rings. The van der Waals surface area contributed by atoms with Crippen molar-refractivity contribution in [2.24, 2.45) is 7.05 Å². The fourth-order valence-electron chi connectivity index (χ4n) is 5.72. The van der Waals surface area contributed by atoms with Gasteiger partial charge in [0.1, 0.15) is 11.9 Å². The monoisotopic (exact) mass is 490 g/mol. The average molecular weight is 491 g/mol. The molecule has 5 heterocycles. The number of para-hydroxylation sites is 1. The van der Waals surface area contributed by atoms with Crippen LogP contribution >= 0.6 is 0 Å². The van der Waals surface area contributed by atoms with Crippen molar-refractivity contribution in [1.29, 1.82) is 0 Å². The second-order valence-electron chi connectivity index (χ2n) is 9.85. The molecule has 11 heteroatoms. The molecule has 36 heavy (non-hydrogen) atoms. The van der Waals surface area contributed by atoms with Crippen molar-refractivity contribution in [2.75, 3.05) is 54.8 Å². The van der Waals surface area contributed by atoms with E-state index in [1.165, 1.54) is 0 Å². The van der Waals surface area contributed by atoms with E-state index in [9.17, 15) is 14.4 Å². The lowest BCUT2D eigenvalue weighted by molar-refractivity contribution is -0.135. The van der Waals surface area contributed by atoms with Crippen molar-refractivity contribution in [2.45, 2.75) is 24.9 Å². The van der Waals surface area contributed by atoms with Gasteiger partial charge in [-0.05, 0) is 30.7 Å². The average Bonchev–Trinajstić information content (AvgIpc) is 3.10. The minimum atomic E-state index is -0.675. The second-order valence-corrected chi connectivity index (χ2v) is 9.85. The summed E-state index contributed by atoms with van der Waals surface area (Å²) in [4.78, 5) is 48.7. The van der Waals surface area contributed by atoms with E-state index in [0.717, 1.165) is 61.7 Å². The van der Waals surface area contributed by atoms with Crippen molar-refractivity contribution < 1.29 is 9.59 Å². The molecule has 1 aromatic carbocycles. The maximum absolute atomic E-state index is 13.2. The highest BCUT2D eigenvalue weighted by molar-refractivity contribution is 6.00. The third kappa shape index (κ3) is 3.70. The molecule has 0 spiro atoms. The largest absolute Gasteiger partial charge is 0.384 e. The van der Waals surface area contributed by atoms with Crippen LogP contribution in [0, 0.1) is 0 Å². The number of piperidine rings is 1. The molecular formula is C25H30N8O3. The Balaban J connectivity index is 1.17. The van der Waals surface area contributed by atoms with Gasteiger partial charge in [-0.1, -0.05) is 6.07 Å². The number of carbonyl (C=O) groups excluding carboxylic acids is 2. The molecule has 3 fully saturated rings. The van der Waals surface area contributed by atoms with Gasteiger partial charge < -0.3 is 15.5 Å². The number of hydrogen-bond acceptors (Lipinski definition) is 8. The van der Waals surface area contributed by atoms with E-state index >= 15 is 0 Å². The highest BCUT2D eigenvalue weighted by atomic mass is 16.2. The lowest BCUT2D eigenvalue weighted by atomic mass is 10.0. The Morgan fingerprint density at radius 2 is 1.78 bits per heavy atom. The fourth-order valence-corrected chi connectivity index (χ4v) is 5.72. The number of nitrogen functional groups attached to an aromatic ring is 1. The summed E-state index contributed by atoms with van der Waals surface area (Å²) in [6.45, 7) is 5.64. The van der Waals surface area contributed by atoms with Crippen LogP contribution in [-0.4, -0.2) is 76.1 Å². The van der Waals surface area contributed by atoms with Crippen LogP contribution in [0.4, 0.5) is 17.2 Å². The molecule has 6 rings (SSSR count). The zero-order valence-corrected chi connectivity index (χ0v) is 20.3. The Morgan fingerprint density at radius 1 is 1.00 bits per heavy atom. The summed E-state index contributed by atoms with van der Waals surface area (Å²) in [6, 6.07) is 9.51. The number of hydrogen-bond donors (Lipinski definition) is 2. The summed E-state index contributed by atoms with van der Waals surface area (Å²) in [5.41, 5.74) is 9.13. The maximum Gasteiger partial charge on any atom is 0.329 e. The summed E-state index contributed by atoms with van der Waals surface area (Å²) in [5.74, 6) is -0.168. The van der Waals surface area contributed by atoms with Crippen LogP contribution in [0.1, 0.15) is 18.9 Å². The number of pyridine rings is 1. The number of imide groups is 1. The molecule has 3 N–H and O–H groups in total. The molecule has 11 nitrogen and oxygen atoms in total. The van der Waals surface area contributed by atoms with Crippen molar-refractivity contribution in [3.05, 3.63) is 47.0 Å². The molecular weight excluding hydrogens is 460 g/mol. The number of amides is 2. The van der Waals surface area contributed by atoms with Crippen molar-refractivity contribution >= 4 is 40.0 Å². The third-order valence-electron chi connectivity index (χ3n) is 7.77. The number of rotatable bonds is 4. The number of piperazine rings is 1. The van der Waals surface area contributed by atoms with Crippen LogP contribution in [0.2, 0.25) is 0 Å². The Kier molecular flexibility index (Phi) is 5.44. The number of nitrogens with one attached hydrogen (secondary N) is 1. The lowest BCUT2D eigenvalue weighted by Gasteiger charge is -2.49. The summed E-state index contributed by atoms with van der Waals surface area (Å²) in [5, 5.41) is 2.37. The van der Waals surface area contributed by atoms with E-state index < -0.39 is 11.9 Å². The van der Waals surface area contributed by atoms with Crippen molar-refractivity contribution in [1.82, 2.24) is 24.3 Å². The van der Waals surface area contributed by atoms with Gasteiger partial charge in [0.15, 0.2) is 0 Å². The predicted octanol–water partition coefficient (Wildman–Crippen LogP) is 0.306. The van der Waals surface area contributed by atoms with E-state index in [2.05, 4.69) is 25.0 Å². The molecule has 2 amide bonds. The number of fused-ring (bicyclic) bond motifs is 1. The van der Waals surface area contributed by atoms with E-state index in [1.807, 2.05) is 36.5 Å². The molecule has 0 unspecified atom stereocenters. The molecule has 0 aliphatic carbocycles. The number of aromatic nitrogens is 3. The summed E-state index contributed by atoms with van der Waals surface area (Å²) in [6.07, 6.45) is 2.40. The minimum absolute atomic E-state index is 0.231. The van der Waals surface area contributed by atoms with Gasteiger partial charge in [-0.15, -0.1) is 0 Å². The van der Waals surface area contributed by atoms with Crippen LogP contribution in [-0.2, 0) is 16.6 Å². The quantitative estimate of drug-likeness (QED) is 0.501. The normalized spacial score (nSPS) is 21.6. The first-order chi connectivity index (χ1) is 17.4. The zero-order chi connectivity index (χ0) is 25.0. The standard InChI is InChI=1S/C25H30N8O3/c1-29-23-18(3-2-4-19(23)33(25(29)36)20-6-8-22(34)28-24(20)35)32-14-17(15-32)31-11-9-30(10-12-31)16-5-7-21(26)27-13-16/h2-5,7,13,17,20H,6,8-12,14-15H2,1H3,(H2,26,27)(H,28,34,35)/t20-/m1/s1. The van der Waals surface area contributed by atoms with Crippen molar-refractivity contribution in [3.8, 4) is 0 Å². The van der Waals surface area contributed by atoms with E-state index in [4.69, 9.17) is 5.73 Å². The lowest BCUT2D eigenvalue weighted by Crippen LogP contribution is -2.63. The Hall–Kier alpha value is -3.86. The highest BCUT2D eigenvalue weighted by Crippen LogP contribution is 2.33. The molecule has 0 radical (unpaired) electrons. The smallest absolute Gasteiger partial charge is 0.329 e. The second kappa shape index (κ2) is 8.66. The van der Waals surface area contributed by atoms with Gasteiger partial charge in [0.05, 0.1) is 28.6 Å². The van der Waals surface area contributed by atoms with Gasteiger partial charge >= 0.3 is 5.69 Å². The zero-order valence-electron chi connectivity index (χ0n) is 20.3. The first kappa shape index (κ1) is 22.6. The van der Waals surface area contributed by atoms with Crippen LogP contribution in [0.25, 0.3) is 11.0 Å². The van der Waals surface area contributed by atoms with E-state index in [1.54, 1.807) is 16.2 Å². The van der Waals surface area contributed by atoms with Gasteiger partial charge in [-0.3, -0.25) is 28.9 Å². The number of aryl methyl sites for hydroxylation is 1. The van der Waals surface area contributed by atoms with E-state index in [0.29, 0.717) is 18.3 Å². The molecule has 0 bridgehead atoms. The molecule has 3 aliphatic heterocycles. The molecule has 0 saturated carbocycles. The SMILES string of the molecule is Cn1c(=O)n([C@@H]2CCC(=O)NC2=O)c2cccc(N3CC(N4CCN(c5ccc(N)nc5)CC4)C3)c21. The van der Waals surface area contributed by atoms with Crippen LogP contribution in [0.15, 0.2) is 41.3 Å². The van der Waals surface area contributed by atoms with Gasteiger partial charge in [0, 0.05) is 58.8 Å². The first-order valence-corrected chi connectivity index (χ1v) is 12.4. The predicted molar refractivity (Wildman–Crippen MR) is 137 cm³/mol. The van der Waals surface area contributed by atoms with Crippen LogP contribution in [0.5, 0.6) is 0 Å². The number of nitrogens with two attached hydrogens (primary N) is 1. The van der Waals surface area contributed by atoms with E-state index in [-0.39, 0.29) is 18.0 Å². The molecule has 3 saturated heterocycles. The van der Waals surface area contributed by atoms with Gasteiger partial charge in [-0.25, -0.2) is 9.78 Å². The number of benzene rings is 1. The van der Waals surface area contributed by atoms with Crippen LogP contribution < -0.4 is 26.5 Å². The molecule has 1 atom stereocenters. The maximum atomic E-state index is 13.2. The van der Waals surface area contributed by atoms with Gasteiger partial charge in [0.2, 0.25) is 11.8 Å². The Labute approximate surface area is 208 Å². The Bertz CT molecular complexity index is 1380. The number of carbonyl (C=O) groups is 2. The van der Waals surface area contributed by atoms with Crippen LogP contribution in [0.3, 0.4) is 0 Å². The molecule has 2 aromatic heterocycles. The first-order valence-electron chi connectivity index (χ1n) is 12.4. The number of nitrogens with zero attached hydrogens (tertiary/aromatic N) is 6. The topological polar surface area (TPSA) is 122 Å². The molecule has 188 valence electrons.